The largest absolute Gasteiger partial charge is 0.493 e. The van der Waals surface area contributed by atoms with Gasteiger partial charge in [-0.25, -0.2) is 4.39 Å². The number of ether oxygens (including phenoxy) is 1. The van der Waals surface area contributed by atoms with Crippen molar-refractivity contribution >= 4 is 16.0 Å². The van der Waals surface area contributed by atoms with Crippen molar-refractivity contribution in [2.75, 3.05) is 12.9 Å². The number of nitrogens with zero attached hydrogens (tertiary/aromatic N) is 1. The molecule has 0 aromatic heterocycles. The molecule has 0 bridgehead atoms. The second-order valence-electron chi connectivity index (χ2n) is 6.59. The summed E-state index contributed by atoms with van der Waals surface area (Å²) in [6, 6.07) is 10.5. The molecule has 0 aliphatic heterocycles. The molecule has 1 amide bonds. The molecule has 0 saturated carbocycles. The Labute approximate surface area is 171 Å². The van der Waals surface area contributed by atoms with E-state index in [4.69, 9.17) is 8.92 Å². The molecule has 6 nitrogen and oxygen atoms in total. The molecule has 1 unspecified atom stereocenters. The van der Waals surface area contributed by atoms with Crippen LogP contribution in [0.15, 0.2) is 42.5 Å². The summed E-state index contributed by atoms with van der Waals surface area (Å²) in [5.41, 5.74) is 0.628. The maximum Gasteiger partial charge on any atom is 0.309 e. The number of amides is 1. The maximum atomic E-state index is 14.1. The topological polar surface area (TPSA) is 72.9 Å². The minimum absolute atomic E-state index is 0.00801. The standard InChI is InChI=1S/C21H26FNO5S/c1-5-15(3)23(21(24)17-9-7-8-10-18(17)22)14-16-11-12-19(27-4)20(13-16)28-29(25,26)6-2/h7-13,15H,5-6,14H2,1-4H3. The van der Waals surface area contributed by atoms with Crippen LogP contribution in [0.3, 0.4) is 0 Å². The molecule has 0 aliphatic rings. The van der Waals surface area contributed by atoms with Crippen molar-refractivity contribution in [3.63, 3.8) is 0 Å². The number of benzene rings is 2. The molecule has 2 aromatic carbocycles. The summed E-state index contributed by atoms with van der Waals surface area (Å²) in [6.45, 7) is 5.45. The first-order chi connectivity index (χ1) is 13.7. The molecule has 2 rings (SSSR count). The second-order valence-corrected chi connectivity index (χ2v) is 8.44. The van der Waals surface area contributed by atoms with Gasteiger partial charge in [-0.3, -0.25) is 4.79 Å². The molecule has 0 N–H and O–H groups in total. The Morgan fingerprint density at radius 3 is 2.41 bits per heavy atom. The van der Waals surface area contributed by atoms with Gasteiger partial charge in [-0.05, 0) is 50.1 Å². The quantitative estimate of drug-likeness (QED) is 0.570. The van der Waals surface area contributed by atoms with Gasteiger partial charge in [-0.1, -0.05) is 25.1 Å². The predicted molar refractivity (Wildman–Crippen MR) is 109 cm³/mol. The van der Waals surface area contributed by atoms with Crippen molar-refractivity contribution in [1.82, 2.24) is 4.90 Å². The van der Waals surface area contributed by atoms with Gasteiger partial charge in [0.05, 0.1) is 18.4 Å². The SMILES string of the molecule is CCC(C)N(Cc1ccc(OC)c(OS(=O)(=O)CC)c1)C(=O)c1ccccc1F. The summed E-state index contributed by atoms with van der Waals surface area (Å²) in [5, 5.41) is 0. The van der Waals surface area contributed by atoms with Crippen molar-refractivity contribution < 1.29 is 26.5 Å². The number of rotatable bonds is 9. The highest BCUT2D eigenvalue weighted by atomic mass is 32.2. The van der Waals surface area contributed by atoms with Crippen molar-refractivity contribution in [1.29, 1.82) is 0 Å². The van der Waals surface area contributed by atoms with Crippen molar-refractivity contribution in [3.8, 4) is 11.5 Å². The lowest BCUT2D eigenvalue weighted by Crippen LogP contribution is -2.38. The van der Waals surface area contributed by atoms with E-state index in [1.54, 1.807) is 23.1 Å². The monoisotopic (exact) mass is 423 g/mol. The lowest BCUT2D eigenvalue weighted by Gasteiger charge is -2.29. The number of carbonyl (C=O) groups is 1. The van der Waals surface area contributed by atoms with Gasteiger partial charge in [0.15, 0.2) is 11.5 Å². The molecule has 0 saturated heterocycles. The Morgan fingerprint density at radius 1 is 1.14 bits per heavy atom. The average molecular weight is 424 g/mol. The summed E-state index contributed by atoms with van der Waals surface area (Å²) in [6.07, 6.45) is 0.671. The van der Waals surface area contributed by atoms with Crippen LogP contribution in [0, 0.1) is 5.82 Å². The van der Waals surface area contributed by atoms with E-state index < -0.39 is 21.8 Å². The van der Waals surface area contributed by atoms with Crippen LogP contribution in [-0.2, 0) is 16.7 Å². The Kier molecular flexibility index (Phi) is 7.61. The summed E-state index contributed by atoms with van der Waals surface area (Å²) in [7, 11) is -2.34. The Morgan fingerprint density at radius 2 is 1.83 bits per heavy atom. The van der Waals surface area contributed by atoms with Gasteiger partial charge in [0.25, 0.3) is 5.91 Å². The van der Waals surface area contributed by atoms with E-state index in [1.165, 1.54) is 38.3 Å². The van der Waals surface area contributed by atoms with Crippen LogP contribution in [-0.4, -0.2) is 38.1 Å². The minimum Gasteiger partial charge on any atom is -0.493 e. The van der Waals surface area contributed by atoms with E-state index in [9.17, 15) is 17.6 Å². The first kappa shape index (κ1) is 22.7. The maximum absolute atomic E-state index is 14.1. The lowest BCUT2D eigenvalue weighted by molar-refractivity contribution is 0.0666. The minimum atomic E-state index is -3.75. The number of methoxy groups -OCH3 is 1. The van der Waals surface area contributed by atoms with Gasteiger partial charge in [0.1, 0.15) is 5.82 Å². The van der Waals surface area contributed by atoms with Crippen LogP contribution in [0.2, 0.25) is 0 Å². The molecule has 1 atom stereocenters. The zero-order valence-corrected chi connectivity index (χ0v) is 17.8. The van der Waals surface area contributed by atoms with E-state index in [2.05, 4.69) is 0 Å². The fourth-order valence-corrected chi connectivity index (χ4v) is 3.24. The molecule has 2 aromatic rings. The van der Waals surface area contributed by atoms with E-state index >= 15 is 0 Å². The van der Waals surface area contributed by atoms with E-state index in [1.807, 2.05) is 13.8 Å². The Hall–Kier alpha value is -2.61. The molecule has 0 aliphatic carbocycles. The summed E-state index contributed by atoms with van der Waals surface area (Å²) in [5.74, 6) is -0.892. The van der Waals surface area contributed by atoms with E-state index in [0.29, 0.717) is 12.0 Å². The summed E-state index contributed by atoms with van der Waals surface area (Å²) >= 11 is 0. The number of carbonyl (C=O) groups excluding carboxylic acids is 1. The van der Waals surface area contributed by atoms with Crippen LogP contribution >= 0.6 is 0 Å². The lowest BCUT2D eigenvalue weighted by atomic mass is 10.1. The average Bonchev–Trinajstić information content (AvgIpc) is 2.71. The number of halogens is 1. The summed E-state index contributed by atoms with van der Waals surface area (Å²) in [4.78, 5) is 14.5. The van der Waals surface area contributed by atoms with Crippen LogP contribution in [0.1, 0.15) is 43.1 Å². The molecule has 0 heterocycles. The Bertz CT molecular complexity index is 961. The molecular formula is C21H26FNO5S. The van der Waals surface area contributed by atoms with Gasteiger partial charge >= 0.3 is 10.1 Å². The molecule has 158 valence electrons. The third-order valence-corrected chi connectivity index (χ3v) is 5.78. The zero-order valence-electron chi connectivity index (χ0n) is 17.0. The van der Waals surface area contributed by atoms with Gasteiger partial charge in [-0.15, -0.1) is 0 Å². The van der Waals surface area contributed by atoms with Crippen molar-refractivity contribution in [2.24, 2.45) is 0 Å². The first-order valence-corrected chi connectivity index (χ1v) is 10.9. The van der Waals surface area contributed by atoms with Crippen LogP contribution in [0.5, 0.6) is 11.5 Å². The predicted octanol–water partition coefficient (Wildman–Crippen LogP) is 4.00. The van der Waals surface area contributed by atoms with Gasteiger partial charge in [0.2, 0.25) is 0 Å². The zero-order chi connectivity index (χ0) is 21.6. The highest BCUT2D eigenvalue weighted by Crippen LogP contribution is 2.30. The van der Waals surface area contributed by atoms with Gasteiger partial charge in [-0.2, -0.15) is 8.42 Å². The third kappa shape index (κ3) is 5.69. The smallest absolute Gasteiger partial charge is 0.309 e. The van der Waals surface area contributed by atoms with Gasteiger partial charge < -0.3 is 13.8 Å². The first-order valence-electron chi connectivity index (χ1n) is 9.37. The highest BCUT2D eigenvalue weighted by molar-refractivity contribution is 7.87. The molecule has 29 heavy (non-hydrogen) atoms. The van der Waals surface area contributed by atoms with Crippen LogP contribution < -0.4 is 8.92 Å². The van der Waals surface area contributed by atoms with Crippen molar-refractivity contribution in [3.05, 3.63) is 59.4 Å². The van der Waals surface area contributed by atoms with E-state index in [0.717, 1.165) is 0 Å². The van der Waals surface area contributed by atoms with Crippen molar-refractivity contribution in [2.45, 2.75) is 39.8 Å². The molecule has 0 radical (unpaired) electrons. The fraction of sp³-hybridized carbons (Fsp3) is 0.381. The van der Waals surface area contributed by atoms with E-state index in [-0.39, 0.29) is 35.4 Å². The van der Waals surface area contributed by atoms with Crippen LogP contribution in [0.4, 0.5) is 4.39 Å². The van der Waals surface area contributed by atoms with Crippen LogP contribution in [0.25, 0.3) is 0 Å². The number of hydrogen-bond acceptors (Lipinski definition) is 5. The summed E-state index contributed by atoms with van der Waals surface area (Å²) < 4.78 is 48.2. The molecule has 8 heteroatoms. The number of hydrogen-bond donors (Lipinski definition) is 0. The van der Waals surface area contributed by atoms with Gasteiger partial charge in [0, 0.05) is 12.6 Å². The molecule has 0 spiro atoms. The molecule has 0 fully saturated rings. The normalized spacial score (nSPS) is 12.3. The second kappa shape index (κ2) is 9.73. The molecular weight excluding hydrogens is 397 g/mol. The Balaban J connectivity index is 2.39. The fourth-order valence-electron chi connectivity index (χ4n) is 2.71. The third-order valence-electron chi connectivity index (χ3n) is 4.64. The highest BCUT2D eigenvalue weighted by Gasteiger charge is 2.24.